The summed E-state index contributed by atoms with van der Waals surface area (Å²) in [5.74, 6) is 0. The van der Waals surface area contributed by atoms with E-state index in [1.54, 1.807) is 6.92 Å². The first-order valence-corrected chi connectivity index (χ1v) is 11.6. The Morgan fingerprint density at radius 2 is 1.24 bits per heavy atom. The predicted octanol–water partition coefficient (Wildman–Crippen LogP) is 2.84. The van der Waals surface area contributed by atoms with Crippen molar-refractivity contribution in [3.8, 4) is 0 Å². The first-order chi connectivity index (χ1) is 12.7. The van der Waals surface area contributed by atoms with Crippen molar-refractivity contribution in [2.24, 2.45) is 0 Å². The summed E-state index contributed by atoms with van der Waals surface area (Å²) < 4.78 is 147. The van der Waals surface area contributed by atoms with E-state index in [9.17, 15) is 51.6 Å². The van der Waals surface area contributed by atoms with Gasteiger partial charge in [0.05, 0.1) is 4.90 Å². The van der Waals surface area contributed by atoms with E-state index in [2.05, 4.69) is 4.18 Å². The average Bonchev–Trinajstić information content (AvgIpc) is 2.50. The molecule has 7 nitrogen and oxygen atoms in total. The molecule has 16 heteroatoms. The molecule has 0 fully saturated rings. The quantitative estimate of drug-likeness (QED) is 0.328. The SMILES string of the molecule is Cc1ccc(S(=O)(=O)OC(C)C[C-](S(=O)(=O)C(F)(F)F)S(=O)(=O)C(F)(F)F)cc1. The van der Waals surface area contributed by atoms with Gasteiger partial charge in [0.25, 0.3) is 10.1 Å². The van der Waals surface area contributed by atoms with Crippen molar-refractivity contribution in [1.82, 2.24) is 0 Å². The van der Waals surface area contributed by atoms with Crippen LogP contribution in [-0.2, 0) is 34.0 Å². The van der Waals surface area contributed by atoms with Crippen LogP contribution in [0.3, 0.4) is 0 Å². The Hall–Kier alpha value is -1.39. The van der Waals surface area contributed by atoms with E-state index in [0.717, 1.165) is 12.1 Å². The molecule has 0 aliphatic carbocycles. The van der Waals surface area contributed by atoms with Crippen LogP contribution >= 0.6 is 0 Å². The van der Waals surface area contributed by atoms with E-state index in [4.69, 9.17) is 0 Å². The molecule has 0 radical (unpaired) electrons. The molecule has 1 aromatic carbocycles. The minimum atomic E-state index is -6.97. The van der Waals surface area contributed by atoms with Gasteiger partial charge in [0.1, 0.15) is 19.7 Å². The van der Waals surface area contributed by atoms with Crippen LogP contribution in [0.25, 0.3) is 0 Å². The highest BCUT2D eigenvalue weighted by Crippen LogP contribution is 2.43. The number of hydrogen-bond donors (Lipinski definition) is 0. The van der Waals surface area contributed by atoms with Crippen LogP contribution < -0.4 is 0 Å². The molecule has 0 heterocycles. The molecule has 0 saturated carbocycles. The van der Waals surface area contributed by atoms with Gasteiger partial charge in [0.2, 0.25) is 0 Å². The number of benzene rings is 1. The molecule has 0 saturated heterocycles. The lowest BCUT2D eigenvalue weighted by Crippen LogP contribution is -2.41. The number of aryl methyl sites for hydroxylation is 1. The summed E-state index contributed by atoms with van der Waals surface area (Å²) in [6.45, 7) is 2.19. The lowest BCUT2D eigenvalue weighted by molar-refractivity contribution is -0.0457. The molecule has 1 unspecified atom stereocenters. The third-order valence-corrected chi connectivity index (χ3v) is 8.76. The summed E-state index contributed by atoms with van der Waals surface area (Å²) in [5.41, 5.74) is -12.1. The van der Waals surface area contributed by atoms with E-state index >= 15 is 0 Å². The third-order valence-electron chi connectivity index (χ3n) is 3.26. The van der Waals surface area contributed by atoms with Crippen molar-refractivity contribution in [3.63, 3.8) is 0 Å². The van der Waals surface area contributed by atoms with Gasteiger partial charge in [0.15, 0.2) is 0 Å². The zero-order valence-electron chi connectivity index (χ0n) is 14.4. The third kappa shape index (κ3) is 5.61. The van der Waals surface area contributed by atoms with Gasteiger partial charge in [-0.1, -0.05) is 22.3 Å². The smallest absolute Gasteiger partial charge is 0.266 e. The van der Waals surface area contributed by atoms with Crippen molar-refractivity contribution < 1.29 is 55.8 Å². The predicted molar refractivity (Wildman–Crippen MR) is 86.7 cm³/mol. The Morgan fingerprint density at radius 1 is 0.862 bits per heavy atom. The average molecular weight is 491 g/mol. The molecule has 0 aliphatic rings. The van der Waals surface area contributed by atoms with Gasteiger partial charge in [-0.15, -0.1) is 6.42 Å². The molecule has 0 aliphatic heterocycles. The zero-order chi connectivity index (χ0) is 23.1. The maximum atomic E-state index is 12.7. The molecular weight excluding hydrogens is 478 g/mol. The lowest BCUT2D eigenvalue weighted by Gasteiger charge is -2.33. The Bertz CT molecular complexity index is 996. The fraction of sp³-hybridized carbons (Fsp3) is 0.462. The molecule has 0 spiro atoms. The van der Waals surface area contributed by atoms with Crippen molar-refractivity contribution >= 4 is 29.8 Å². The molecular formula is C13H13F6O7S3-. The summed E-state index contributed by atoms with van der Waals surface area (Å²) in [4.78, 5) is -0.533. The molecule has 0 bridgehead atoms. The molecule has 0 aromatic heterocycles. The molecule has 168 valence electrons. The van der Waals surface area contributed by atoms with Crippen LogP contribution in [0, 0.1) is 11.5 Å². The monoisotopic (exact) mass is 491 g/mol. The van der Waals surface area contributed by atoms with E-state index in [1.165, 1.54) is 12.1 Å². The van der Waals surface area contributed by atoms with Crippen LogP contribution in [0.15, 0.2) is 29.2 Å². The first-order valence-electron chi connectivity index (χ1n) is 7.22. The fourth-order valence-electron chi connectivity index (χ4n) is 1.87. The Balaban J connectivity index is 3.32. The second-order valence-electron chi connectivity index (χ2n) is 5.65. The van der Waals surface area contributed by atoms with Gasteiger partial charge in [-0.05, 0) is 26.0 Å². The standard InChI is InChI=1S/C13H13F6O7S3/c1-8-3-5-10(6-4-8)29(24,25)26-9(2)7-11(27(20,21)12(14,15)16)28(22,23)13(17,18)19/h3-6,9H,7H2,1-2H3/q-1. The van der Waals surface area contributed by atoms with E-state index in [1.807, 2.05) is 0 Å². The summed E-state index contributed by atoms with van der Waals surface area (Å²) in [6.07, 6.45) is -4.22. The van der Waals surface area contributed by atoms with Gasteiger partial charge in [0, 0.05) is 6.10 Å². The van der Waals surface area contributed by atoms with Crippen molar-refractivity contribution in [2.45, 2.75) is 42.3 Å². The minimum absolute atomic E-state index is 0.533. The van der Waals surface area contributed by atoms with E-state index in [-0.39, 0.29) is 0 Å². The minimum Gasteiger partial charge on any atom is -0.266 e. The largest absolute Gasteiger partial charge is 0.469 e. The molecule has 1 rings (SSSR count). The van der Waals surface area contributed by atoms with Gasteiger partial charge in [-0.3, -0.25) is 21.0 Å². The number of rotatable bonds is 7. The topological polar surface area (TPSA) is 112 Å². The Morgan fingerprint density at radius 3 is 1.59 bits per heavy atom. The summed E-state index contributed by atoms with van der Waals surface area (Å²) in [7, 11) is -18.7. The van der Waals surface area contributed by atoms with Crippen molar-refractivity contribution in [3.05, 3.63) is 34.4 Å². The van der Waals surface area contributed by atoms with Gasteiger partial charge in [-0.25, -0.2) is 0 Å². The Labute approximate surface area is 162 Å². The molecule has 1 aromatic rings. The summed E-state index contributed by atoms with van der Waals surface area (Å²) in [6, 6.07) is 4.64. The molecule has 29 heavy (non-hydrogen) atoms. The second-order valence-corrected chi connectivity index (χ2v) is 11.4. The molecule has 0 amide bonds. The van der Waals surface area contributed by atoms with Crippen molar-refractivity contribution in [2.75, 3.05) is 0 Å². The van der Waals surface area contributed by atoms with Crippen LogP contribution in [0.1, 0.15) is 18.9 Å². The van der Waals surface area contributed by atoms with Crippen LogP contribution in [0.2, 0.25) is 0 Å². The highest BCUT2D eigenvalue weighted by atomic mass is 32.3. The van der Waals surface area contributed by atoms with Crippen LogP contribution in [0.4, 0.5) is 26.3 Å². The highest BCUT2D eigenvalue weighted by Gasteiger charge is 2.54. The van der Waals surface area contributed by atoms with Gasteiger partial charge in [-0.2, -0.15) is 34.8 Å². The number of alkyl halides is 6. The summed E-state index contributed by atoms with van der Waals surface area (Å²) in [5, 5.41) is 0. The zero-order valence-corrected chi connectivity index (χ0v) is 16.9. The fourth-order valence-corrected chi connectivity index (χ4v) is 6.10. The van der Waals surface area contributed by atoms with Crippen LogP contribution in [-0.4, -0.2) is 42.4 Å². The maximum absolute atomic E-state index is 12.7. The normalized spacial score (nSPS) is 15.5. The van der Waals surface area contributed by atoms with Crippen molar-refractivity contribution in [1.29, 1.82) is 0 Å². The van der Waals surface area contributed by atoms with Gasteiger partial charge >= 0.3 is 11.0 Å². The van der Waals surface area contributed by atoms with E-state index < -0.39 is 62.8 Å². The first kappa shape index (κ1) is 25.6. The second kappa shape index (κ2) is 8.03. The highest BCUT2D eigenvalue weighted by molar-refractivity contribution is 8.13. The summed E-state index contributed by atoms with van der Waals surface area (Å²) >= 11 is 0. The Kier molecular flexibility index (Phi) is 7.10. The lowest BCUT2D eigenvalue weighted by atomic mass is 10.2. The van der Waals surface area contributed by atoms with E-state index in [0.29, 0.717) is 12.5 Å². The molecule has 1 atom stereocenters. The maximum Gasteiger partial charge on any atom is 0.469 e. The van der Waals surface area contributed by atoms with Crippen LogP contribution in [0.5, 0.6) is 0 Å². The number of sulfone groups is 2. The number of hydrogen-bond acceptors (Lipinski definition) is 7. The number of halogens is 6. The van der Waals surface area contributed by atoms with Gasteiger partial charge < -0.3 is 0 Å². The molecule has 0 N–H and O–H groups in total.